The van der Waals surface area contributed by atoms with Crippen molar-refractivity contribution < 1.29 is 24.2 Å². The highest BCUT2D eigenvalue weighted by Crippen LogP contribution is 2.24. The van der Waals surface area contributed by atoms with Crippen molar-refractivity contribution in [2.45, 2.75) is 45.3 Å². The van der Waals surface area contributed by atoms with Gasteiger partial charge in [-0.2, -0.15) is 0 Å². The lowest BCUT2D eigenvalue weighted by atomic mass is 9.87. The van der Waals surface area contributed by atoms with Gasteiger partial charge >= 0.3 is 5.97 Å². The van der Waals surface area contributed by atoms with Gasteiger partial charge in [-0.1, -0.05) is 32.9 Å². The quantitative estimate of drug-likeness (QED) is 0.911. The Morgan fingerprint density at radius 3 is 2.42 bits per heavy atom. The molecule has 6 nitrogen and oxygen atoms in total. The van der Waals surface area contributed by atoms with Gasteiger partial charge < -0.3 is 19.5 Å². The van der Waals surface area contributed by atoms with E-state index in [-0.39, 0.29) is 30.6 Å². The first-order chi connectivity index (χ1) is 11.2. The smallest absolute Gasteiger partial charge is 0.334 e. The van der Waals surface area contributed by atoms with E-state index in [1.54, 1.807) is 6.92 Å². The fraction of sp³-hybridized carbons (Fsp3) is 0.556. The summed E-state index contributed by atoms with van der Waals surface area (Å²) in [5.74, 6) is -0.679. The molecule has 1 heterocycles. The van der Waals surface area contributed by atoms with Crippen LogP contribution in [0.15, 0.2) is 24.3 Å². The number of hydrogen-bond donors (Lipinski definition) is 1. The molecule has 1 unspecified atom stereocenters. The van der Waals surface area contributed by atoms with E-state index in [2.05, 4.69) is 20.8 Å². The minimum absolute atomic E-state index is 0.0465. The largest absolute Gasteiger partial charge is 0.484 e. The maximum Gasteiger partial charge on any atom is 0.334 e. The lowest BCUT2D eigenvalue weighted by Gasteiger charge is -2.34. The van der Waals surface area contributed by atoms with E-state index in [9.17, 15) is 9.59 Å². The van der Waals surface area contributed by atoms with Gasteiger partial charge in [0.2, 0.25) is 0 Å². The summed E-state index contributed by atoms with van der Waals surface area (Å²) in [7, 11) is 0. The van der Waals surface area contributed by atoms with Gasteiger partial charge in [0.15, 0.2) is 12.7 Å². The van der Waals surface area contributed by atoms with E-state index in [4.69, 9.17) is 14.6 Å². The van der Waals surface area contributed by atoms with Gasteiger partial charge in [0.1, 0.15) is 5.75 Å². The molecule has 1 fully saturated rings. The monoisotopic (exact) mass is 335 g/mol. The topological polar surface area (TPSA) is 76.1 Å². The summed E-state index contributed by atoms with van der Waals surface area (Å²) >= 11 is 0. The molecule has 6 heteroatoms. The first kappa shape index (κ1) is 18.3. The molecule has 0 bridgehead atoms. The van der Waals surface area contributed by atoms with Gasteiger partial charge in [0.25, 0.3) is 5.91 Å². The fourth-order valence-electron chi connectivity index (χ4n) is 2.58. The van der Waals surface area contributed by atoms with Crippen molar-refractivity contribution in [3.05, 3.63) is 29.8 Å². The lowest BCUT2D eigenvalue weighted by Crippen LogP contribution is -2.52. The van der Waals surface area contributed by atoms with Crippen LogP contribution in [0.25, 0.3) is 0 Å². The highest BCUT2D eigenvalue weighted by atomic mass is 16.5. The van der Waals surface area contributed by atoms with Crippen LogP contribution in [0.3, 0.4) is 0 Å². The number of hydrogen-bond acceptors (Lipinski definition) is 4. The van der Waals surface area contributed by atoms with Crippen LogP contribution >= 0.6 is 0 Å². The molecule has 1 N–H and O–H groups in total. The van der Waals surface area contributed by atoms with E-state index in [0.717, 1.165) is 0 Å². The number of rotatable bonds is 4. The molecule has 0 aromatic heterocycles. The van der Waals surface area contributed by atoms with Crippen LogP contribution in [0, 0.1) is 0 Å². The Morgan fingerprint density at radius 1 is 1.25 bits per heavy atom. The van der Waals surface area contributed by atoms with E-state index >= 15 is 0 Å². The molecule has 2 atom stereocenters. The number of benzene rings is 1. The molecule has 1 aromatic carbocycles. The SMILES string of the molecule is C[C@@H]1CN(C(=O)COc2ccc(C(C)(C)C)cc2)CC(C(=O)O)O1. The fourth-order valence-corrected chi connectivity index (χ4v) is 2.58. The third-order valence-corrected chi connectivity index (χ3v) is 3.97. The zero-order valence-electron chi connectivity index (χ0n) is 14.6. The van der Waals surface area contributed by atoms with E-state index < -0.39 is 12.1 Å². The Labute approximate surface area is 142 Å². The Morgan fingerprint density at radius 2 is 1.88 bits per heavy atom. The molecule has 0 spiro atoms. The van der Waals surface area contributed by atoms with E-state index in [1.165, 1.54) is 10.5 Å². The van der Waals surface area contributed by atoms with Gasteiger partial charge in [-0.15, -0.1) is 0 Å². The predicted octanol–water partition coefficient (Wildman–Crippen LogP) is 2.06. The second kappa shape index (κ2) is 7.21. The molecule has 1 saturated heterocycles. The Bertz CT molecular complexity index is 590. The van der Waals surface area contributed by atoms with Crippen molar-refractivity contribution in [2.75, 3.05) is 19.7 Å². The van der Waals surface area contributed by atoms with Crippen LogP contribution in [-0.2, 0) is 19.7 Å². The summed E-state index contributed by atoms with van der Waals surface area (Å²) < 4.78 is 10.8. The maximum atomic E-state index is 12.3. The van der Waals surface area contributed by atoms with Crippen molar-refractivity contribution in [3.63, 3.8) is 0 Å². The highest BCUT2D eigenvalue weighted by Gasteiger charge is 2.32. The lowest BCUT2D eigenvalue weighted by molar-refractivity contribution is -0.167. The first-order valence-electron chi connectivity index (χ1n) is 8.06. The number of aliphatic carboxylic acids is 1. The molecular weight excluding hydrogens is 310 g/mol. The molecule has 24 heavy (non-hydrogen) atoms. The minimum atomic E-state index is -1.06. The minimum Gasteiger partial charge on any atom is -0.484 e. The maximum absolute atomic E-state index is 12.3. The van der Waals surface area contributed by atoms with Crippen molar-refractivity contribution in [3.8, 4) is 5.75 Å². The van der Waals surface area contributed by atoms with Gasteiger partial charge in [0.05, 0.1) is 12.6 Å². The standard InChI is InChI=1S/C18H25NO5/c1-12-9-19(10-15(24-12)17(21)22)16(20)11-23-14-7-5-13(6-8-14)18(2,3)4/h5-8,12,15H,9-11H2,1-4H3,(H,21,22)/t12-,15?/m1/s1. The average Bonchev–Trinajstić information content (AvgIpc) is 2.51. The first-order valence-corrected chi connectivity index (χ1v) is 8.06. The van der Waals surface area contributed by atoms with Gasteiger partial charge in [0, 0.05) is 6.54 Å². The number of carboxylic acids is 1. The molecule has 1 aliphatic rings. The molecular formula is C18H25NO5. The normalized spacial score (nSPS) is 21.4. The number of ether oxygens (including phenoxy) is 2. The summed E-state index contributed by atoms with van der Waals surface area (Å²) in [6, 6.07) is 7.65. The summed E-state index contributed by atoms with van der Waals surface area (Å²) in [6.07, 6.45) is -1.29. The Balaban J connectivity index is 1.91. The van der Waals surface area contributed by atoms with Crippen LogP contribution in [0.1, 0.15) is 33.3 Å². The van der Waals surface area contributed by atoms with Crippen molar-refractivity contribution in [1.82, 2.24) is 4.90 Å². The van der Waals surface area contributed by atoms with Crippen LogP contribution in [0.2, 0.25) is 0 Å². The van der Waals surface area contributed by atoms with E-state index in [1.807, 2.05) is 24.3 Å². The number of carbonyl (C=O) groups is 2. The van der Waals surface area contributed by atoms with Crippen molar-refractivity contribution in [1.29, 1.82) is 0 Å². The highest BCUT2D eigenvalue weighted by molar-refractivity contribution is 5.80. The second-order valence-corrected chi connectivity index (χ2v) is 7.14. The summed E-state index contributed by atoms with van der Waals surface area (Å²) in [5.41, 5.74) is 1.25. The van der Waals surface area contributed by atoms with Crippen LogP contribution in [0.4, 0.5) is 0 Å². The number of carbonyl (C=O) groups excluding carboxylic acids is 1. The third kappa shape index (κ3) is 4.71. The summed E-state index contributed by atoms with van der Waals surface area (Å²) in [5, 5.41) is 9.06. The summed E-state index contributed by atoms with van der Waals surface area (Å²) in [6.45, 7) is 8.44. The zero-order valence-corrected chi connectivity index (χ0v) is 14.6. The molecule has 1 aromatic rings. The zero-order chi connectivity index (χ0) is 17.9. The number of morpholine rings is 1. The molecule has 2 rings (SSSR count). The van der Waals surface area contributed by atoms with Crippen LogP contribution < -0.4 is 4.74 Å². The van der Waals surface area contributed by atoms with Crippen LogP contribution in [-0.4, -0.2) is 53.8 Å². The Hall–Kier alpha value is -2.08. The number of amides is 1. The average molecular weight is 335 g/mol. The van der Waals surface area contributed by atoms with Gasteiger partial charge in [-0.3, -0.25) is 4.79 Å². The molecule has 0 radical (unpaired) electrons. The second-order valence-electron chi connectivity index (χ2n) is 7.14. The number of nitrogens with zero attached hydrogens (tertiary/aromatic N) is 1. The predicted molar refractivity (Wildman–Crippen MR) is 89.2 cm³/mol. The molecule has 1 aliphatic heterocycles. The van der Waals surface area contributed by atoms with E-state index in [0.29, 0.717) is 12.3 Å². The third-order valence-electron chi connectivity index (χ3n) is 3.97. The molecule has 1 amide bonds. The molecule has 0 aliphatic carbocycles. The van der Waals surface area contributed by atoms with Crippen molar-refractivity contribution in [2.24, 2.45) is 0 Å². The molecule has 0 saturated carbocycles. The van der Waals surface area contributed by atoms with Gasteiger partial charge in [-0.05, 0) is 30.0 Å². The van der Waals surface area contributed by atoms with Crippen molar-refractivity contribution >= 4 is 11.9 Å². The molecule has 132 valence electrons. The van der Waals surface area contributed by atoms with Gasteiger partial charge in [-0.25, -0.2) is 4.79 Å². The number of carboxylic acid groups (broad SMARTS) is 1. The Kier molecular flexibility index (Phi) is 5.49. The van der Waals surface area contributed by atoms with Crippen LogP contribution in [0.5, 0.6) is 5.75 Å². The summed E-state index contributed by atoms with van der Waals surface area (Å²) in [4.78, 5) is 24.8.